The summed E-state index contributed by atoms with van der Waals surface area (Å²) in [7, 11) is 1.65. The lowest BCUT2D eigenvalue weighted by molar-refractivity contribution is -0.605. The van der Waals surface area contributed by atoms with E-state index >= 15 is 0 Å². The molecule has 1 N–H and O–H groups in total. The Morgan fingerprint density at radius 2 is 2.00 bits per heavy atom. The number of hydrogen-bond acceptors (Lipinski definition) is 4. The molecule has 25 heavy (non-hydrogen) atoms. The average molecular weight is 341 g/mol. The predicted octanol–water partition coefficient (Wildman–Crippen LogP) is 1.90. The molecular weight excluding hydrogens is 318 g/mol. The summed E-state index contributed by atoms with van der Waals surface area (Å²) in [5.74, 6) is 0.583. The fraction of sp³-hybridized carbons (Fsp3) is 0.368. The van der Waals surface area contributed by atoms with E-state index in [1.54, 1.807) is 19.2 Å². The smallest absolute Gasteiger partial charge is 0.257 e. The van der Waals surface area contributed by atoms with Crippen molar-refractivity contribution < 1.29 is 14.3 Å². The first-order valence-electron chi connectivity index (χ1n) is 8.52. The van der Waals surface area contributed by atoms with E-state index in [0.717, 1.165) is 24.4 Å². The van der Waals surface area contributed by atoms with Crippen molar-refractivity contribution in [1.29, 1.82) is 0 Å². The maximum absolute atomic E-state index is 12.3. The van der Waals surface area contributed by atoms with Crippen molar-refractivity contribution in [2.24, 2.45) is 0 Å². The third-order valence-corrected chi connectivity index (χ3v) is 4.58. The molecule has 0 bridgehead atoms. The number of hydrogen-bond donors (Lipinski definition) is 1. The molecule has 0 aliphatic carbocycles. The molecule has 0 saturated carbocycles. The summed E-state index contributed by atoms with van der Waals surface area (Å²) in [6.07, 6.45) is 5.00. The van der Waals surface area contributed by atoms with Crippen LogP contribution in [-0.2, 0) is 0 Å². The number of rotatable bonds is 6. The first-order valence-corrected chi connectivity index (χ1v) is 8.52. The molecule has 2 aromatic rings. The maximum atomic E-state index is 12.3. The Balaban J connectivity index is 1.72. The van der Waals surface area contributed by atoms with Gasteiger partial charge in [0.15, 0.2) is 12.4 Å². The van der Waals surface area contributed by atoms with E-state index < -0.39 is 0 Å². The maximum Gasteiger partial charge on any atom is 0.257 e. The molecule has 1 aliphatic heterocycles. The Morgan fingerprint density at radius 3 is 2.64 bits per heavy atom. The Morgan fingerprint density at radius 1 is 1.28 bits per heavy atom. The van der Waals surface area contributed by atoms with Crippen LogP contribution >= 0.6 is 0 Å². The SMILES string of the molecule is COc1ccc(C(CNC(=O)c2ccc[n+]([O-])c2)N2CCCC2)cc1. The number of nitrogens with zero attached hydrogens (tertiary/aromatic N) is 2. The van der Waals surface area contributed by atoms with Gasteiger partial charge in [0.2, 0.25) is 0 Å². The minimum absolute atomic E-state index is 0.112. The number of carbonyl (C=O) groups is 1. The summed E-state index contributed by atoms with van der Waals surface area (Å²) in [5, 5.41) is 14.3. The third kappa shape index (κ3) is 4.28. The lowest BCUT2D eigenvalue weighted by Gasteiger charge is -2.28. The van der Waals surface area contributed by atoms with Crippen molar-refractivity contribution in [2.45, 2.75) is 18.9 Å². The number of aromatic nitrogens is 1. The van der Waals surface area contributed by atoms with Crippen molar-refractivity contribution in [3.05, 3.63) is 65.1 Å². The second-order valence-electron chi connectivity index (χ2n) is 6.19. The molecule has 6 heteroatoms. The number of pyridine rings is 1. The van der Waals surface area contributed by atoms with Crippen LogP contribution in [0.2, 0.25) is 0 Å². The highest BCUT2D eigenvalue weighted by Crippen LogP contribution is 2.26. The second kappa shape index (κ2) is 7.98. The molecule has 0 radical (unpaired) electrons. The Hall–Kier alpha value is -2.60. The van der Waals surface area contributed by atoms with Gasteiger partial charge in [-0.1, -0.05) is 12.1 Å². The quantitative estimate of drug-likeness (QED) is 0.644. The van der Waals surface area contributed by atoms with Gasteiger partial charge in [0, 0.05) is 12.6 Å². The number of methoxy groups -OCH3 is 1. The minimum atomic E-state index is -0.233. The van der Waals surface area contributed by atoms with Gasteiger partial charge in [0.25, 0.3) is 5.91 Å². The van der Waals surface area contributed by atoms with Gasteiger partial charge in [0.1, 0.15) is 11.3 Å². The first kappa shape index (κ1) is 17.2. The highest BCUT2D eigenvalue weighted by atomic mass is 16.5. The van der Waals surface area contributed by atoms with Crippen LogP contribution in [0, 0.1) is 5.21 Å². The molecular formula is C19H23N3O3. The summed E-state index contributed by atoms with van der Waals surface area (Å²) in [5.41, 5.74) is 1.52. The van der Waals surface area contributed by atoms with Gasteiger partial charge < -0.3 is 15.3 Å². The van der Waals surface area contributed by atoms with Crippen LogP contribution in [0.1, 0.15) is 34.8 Å². The molecule has 2 heterocycles. The van der Waals surface area contributed by atoms with Gasteiger partial charge in [0.05, 0.1) is 13.2 Å². The topological polar surface area (TPSA) is 68.5 Å². The second-order valence-corrected chi connectivity index (χ2v) is 6.19. The summed E-state index contributed by atoms with van der Waals surface area (Å²) >= 11 is 0. The highest BCUT2D eigenvalue weighted by molar-refractivity contribution is 5.93. The minimum Gasteiger partial charge on any atom is -0.619 e. The standard InChI is InChI=1S/C19H23N3O3/c1-25-17-8-6-15(7-9-17)18(21-10-2-3-11-21)13-20-19(23)16-5-4-12-22(24)14-16/h4-9,12,14,18H,2-3,10-11,13H2,1H3,(H,20,23). The largest absolute Gasteiger partial charge is 0.619 e. The molecule has 132 valence electrons. The van der Waals surface area contributed by atoms with E-state index in [1.165, 1.54) is 25.2 Å². The van der Waals surface area contributed by atoms with E-state index in [0.29, 0.717) is 16.8 Å². The van der Waals surface area contributed by atoms with Crippen molar-refractivity contribution in [3.8, 4) is 5.75 Å². The zero-order valence-corrected chi connectivity index (χ0v) is 14.4. The summed E-state index contributed by atoms with van der Waals surface area (Å²) in [4.78, 5) is 14.7. The van der Waals surface area contributed by atoms with Crippen LogP contribution in [0.5, 0.6) is 5.75 Å². The summed E-state index contributed by atoms with van der Waals surface area (Å²) < 4.78 is 5.86. The Bertz CT molecular complexity index is 712. The van der Waals surface area contributed by atoms with Crippen molar-refractivity contribution in [3.63, 3.8) is 0 Å². The van der Waals surface area contributed by atoms with Gasteiger partial charge >= 0.3 is 0 Å². The molecule has 3 rings (SSSR count). The number of benzene rings is 1. The molecule has 1 amide bonds. The molecule has 1 fully saturated rings. The van der Waals surface area contributed by atoms with E-state index in [9.17, 15) is 10.0 Å². The van der Waals surface area contributed by atoms with Gasteiger partial charge in [-0.05, 0) is 49.7 Å². The van der Waals surface area contributed by atoms with Crippen LogP contribution in [0.4, 0.5) is 0 Å². The Kier molecular flexibility index (Phi) is 5.50. The zero-order chi connectivity index (χ0) is 17.6. The van der Waals surface area contributed by atoms with E-state index in [2.05, 4.69) is 10.2 Å². The zero-order valence-electron chi connectivity index (χ0n) is 14.4. The van der Waals surface area contributed by atoms with Crippen LogP contribution in [0.15, 0.2) is 48.8 Å². The number of ether oxygens (including phenoxy) is 1. The van der Waals surface area contributed by atoms with Crippen LogP contribution in [-0.4, -0.2) is 37.6 Å². The van der Waals surface area contributed by atoms with Gasteiger partial charge in [-0.25, -0.2) is 0 Å². The third-order valence-electron chi connectivity index (χ3n) is 4.58. The molecule has 1 aliphatic rings. The molecule has 1 atom stereocenters. The molecule has 1 aromatic heterocycles. The van der Waals surface area contributed by atoms with Gasteiger partial charge in [-0.2, -0.15) is 4.73 Å². The summed E-state index contributed by atoms with van der Waals surface area (Å²) in [6.45, 7) is 2.55. The molecule has 1 aromatic carbocycles. The van der Waals surface area contributed by atoms with Crippen LogP contribution in [0.3, 0.4) is 0 Å². The number of nitrogens with one attached hydrogen (secondary N) is 1. The van der Waals surface area contributed by atoms with Crippen molar-refractivity contribution >= 4 is 5.91 Å². The van der Waals surface area contributed by atoms with E-state index in [4.69, 9.17) is 4.74 Å². The predicted molar refractivity (Wildman–Crippen MR) is 94.3 cm³/mol. The Labute approximate surface area is 147 Å². The van der Waals surface area contributed by atoms with Crippen LogP contribution in [0.25, 0.3) is 0 Å². The number of likely N-dealkylation sites (tertiary alicyclic amines) is 1. The van der Waals surface area contributed by atoms with Gasteiger partial charge in [-0.3, -0.25) is 9.69 Å². The monoisotopic (exact) mass is 341 g/mol. The van der Waals surface area contributed by atoms with Crippen molar-refractivity contribution in [2.75, 3.05) is 26.7 Å². The van der Waals surface area contributed by atoms with Gasteiger partial charge in [-0.15, -0.1) is 0 Å². The number of carbonyl (C=O) groups excluding carboxylic acids is 1. The summed E-state index contributed by atoms with van der Waals surface area (Å²) in [6, 6.07) is 11.3. The molecule has 6 nitrogen and oxygen atoms in total. The molecule has 1 unspecified atom stereocenters. The number of amides is 1. The fourth-order valence-electron chi connectivity index (χ4n) is 3.22. The molecule has 0 spiro atoms. The molecule has 1 saturated heterocycles. The van der Waals surface area contributed by atoms with Crippen LogP contribution < -0.4 is 14.8 Å². The average Bonchev–Trinajstić information content (AvgIpc) is 3.16. The first-order chi connectivity index (χ1) is 12.2. The lowest BCUT2D eigenvalue weighted by Crippen LogP contribution is -2.37. The highest BCUT2D eigenvalue weighted by Gasteiger charge is 2.24. The van der Waals surface area contributed by atoms with E-state index in [1.807, 2.05) is 24.3 Å². The fourth-order valence-corrected chi connectivity index (χ4v) is 3.22. The van der Waals surface area contributed by atoms with E-state index in [-0.39, 0.29) is 11.9 Å². The van der Waals surface area contributed by atoms with Crippen molar-refractivity contribution in [1.82, 2.24) is 10.2 Å². The lowest BCUT2D eigenvalue weighted by atomic mass is 10.0. The normalized spacial score (nSPS) is 15.7.